The summed E-state index contributed by atoms with van der Waals surface area (Å²) in [5.41, 5.74) is 0. The van der Waals surface area contributed by atoms with Gasteiger partial charge in [-0.2, -0.15) is 0 Å². The van der Waals surface area contributed by atoms with Crippen molar-refractivity contribution in [1.82, 2.24) is 0 Å². The molecule has 340 valence electrons. The lowest BCUT2D eigenvalue weighted by atomic mass is 10.0. The van der Waals surface area contributed by atoms with E-state index in [-0.39, 0.29) is 25.8 Å². The van der Waals surface area contributed by atoms with E-state index >= 15 is 0 Å². The van der Waals surface area contributed by atoms with E-state index in [0.717, 1.165) is 32.1 Å². The van der Waals surface area contributed by atoms with E-state index in [2.05, 4.69) is 26.0 Å². The molecule has 0 aromatic rings. The molecule has 0 aliphatic carbocycles. The number of phosphoric ester groups is 1. The third kappa shape index (κ3) is 46.2. The number of esters is 1. The lowest BCUT2D eigenvalue weighted by Gasteiger charge is -2.24. The number of allylic oxidation sites excluding steroid dienone is 2. The molecule has 0 fully saturated rings. The van der Waals surface area contributed by atoms with Crippen molar-refractivity contribution in [3.63, 3.8) is 0 Å². The maximum atomic E-state index is 12.7. The Morgan fingerprint density at radius 1 is 0.526 bits per heavy atom. The first-order chi connectivity index (χ1) is 27.6. The number of carbonyl (C=O) groups excluding carboxylic acids is 1. The molecule has 2 atom stereocenters. The van der Waals surface area contributed by atoms with Gasteiger partial charge in [0.25, 0.3) is 0 Å². The van der Waals surface area contributed by atoms with Crippen LogP contribution in [0.4, 0.5) is 0 Å². The summed E-state index contributed by atoms with van der Waals surface area (Å²) in [5, 5.41) is 0. The van der Waals surface area contributed by atoms with Crippen molar-refractivity contribution in [3.05, 3.63) is 12.2 Å². The summed E-state index contributed by atoms with van der Waals surface area (Å²) >= 11 is 0. The first-order valence-corrected chi connectivity index (χ1v) is 25.9. The number of ether oxygens (including phenoxy) is 2. The lowest BCUT2D eigenvalue weighted by Crippen LogP contribution is -2.37. The number of hydrogen-bond acceptors (Lipinski definition) is 6. The van der Waals surface area contributed by atoms with Gasteiger partial charge in [0, 0.05) is 13.0 Å². The Morgan fingerprint density at radius 3 is 1.33 bits per heavy atom. The predicted molar refractivity (Wildman–Crippen MR) is 243 cm³/mol. The lowest BCUT2D eigenvalue weighted by molar-refractivity contribution is -0.870. The van der Waals surface area contributed by atoms with Crippen molar-refractivity contribution < 1.29 is 37.3 Å². The van der Waals surface area contributed by atoms with Gasteiger partial charge in [-0.1, -0.05) is 199 Å². The van der Waals surface area contributed by atoms with E-state index in [0.29, 0.717) is 24.1 Å². The van der Waals surface area contributed by atoms with Crippen LogP contribution in [0.15, 0.2) is 12.2 Å². The number of unbranched alkanes of at least 4 members (excludes halogenated alkanes) is 30. The maximum absolute atomic E-state index is 12.7. The molecule has 1 N–H and O–H groups in total. The number of phosphoric acid groups is 1. The third-order valence-electron chi connectivity index (χ3n) is 10.8. The number of nitrogens with zero attached hydrogens (tertiary/aromatic N) is 1. The molecule has 0 heterocycles. The van der Waals surface area contributed by atoms with E-state index in [1.54, 1.807) is 0 Å². The number of carbonyl (C=O) groups is 1. The molecule has 57 heavy (non-hydrogen) atoms. The zero-order chi connectivity index (χ0) is 42.0. The topological polar surface area (TPSA) is 91.3 Å². The van der Waals surface area contributed by atoms with Crippen molar-refractivity contribution in [2.75, 3.05) is 54.1 Å². The second kappa shape index (κ2) is 42.0. The van der Waals surface area contributed by atoms with Crippen molar-refractivity contribution in [1.29, 1.82) is 0 Å². The average Bonchev–Trinajstić information content (AvgIpc) is 3.16. The summed E-state index contributed by atoms with van der Waals surface area (Å²) in [4.78, 5) is 22.9. The highest BCUT2D eigenvalue weighted by Gasteiger charge is 2.26. The van der Waals surface area contributed by atoms with E-state index in [9.17, 15) is 14.3 Å². The molecule has 0 rings (SSSR count). The van der Waals surface area contributed by atoms with Crippen LogP contribution in [-0.4, -0.2) is 75.6 Å². The van der Waals surface area contributed by atoms with Gasteiger partial charge in [-0.05, 0) is 38.5 Å². The summed E-state index contributed by atoms with van der Waals surface area (Å²) in [6, 6.07) is 0. The van der Waals surface area contributed by atoms with Gasteiger partial charge in [0.2, 0.25) is 0 Å². The minimum Gasteiger partial charge on any atom is -0.457 e. The van der Waals surface area contributed by atoms with Crippen LogP contribution < -0.4 is 0 Å². The van der Waals surface area contributed by atoms with Crippen LogP contribution >= 0.6 is 7.82 Å². The Hall–Kier alpha value is -0.760. The number of likely N-dealkylation sites (N-methyl/N-ethyl adjacent to an activating group) is 1. The highest BCUT2D eigenvalue weighted by atomic mass is 31.2. The first-order valence-electron chi connectivity index (χ1n) is 24.4. The molecule has 0 radical (unpaired) electrons. The minimum absolute atomic E-state index is 0.0920. The van der Waals surface area contributed by atoms with Gasteiger partial charge < -0.3 is 18.9 Å². The fourth-order valence-electron chi connectivity index (χ4n) is 7.02. The monoisotopic (exact) mass is 831 g/mol. The molecule has 0 aliphatic rings. The van der Waals surface area contributed by atoms with Gasteiger partial charge in [-0.25, -0.2) is 4.57 Å². The van der Waals surface area contributed by atoms with Crippen LogP contribution in [-0.2, 0) is 27.9 Å². The zero-order valence-electron chi connectivity index (χ0n) is 38.6. The summed E-state index contributed by atoms with van der Waals surface area (Å²) in [6.07, 6.45) is 46.8. The largest absolute Gasteiger partial charge is 0.472 e. The standard InChI is InChI=1S/C48H96NO7P/c1-6-8-10-12-14-16-18-20-21-22-23-24-25-26-27-28-29-30-31-33-35-37-39-41-48(50)56-47(46-55-57(51,52)54-44-42-49(3,4)5)45-53-43-40-38-36-34-32-19-17-15-13-11-9-7-2/h22-23,47H,6-21,24-46H2,1-5H3/p+1/b23-22-. The van der Waals surface area contributed by atoms with Crippen molar-refractivity contribution in [2.45, 2.75) is 238 Å². The molecular weight excluding hydrogens is 734 g/mol. The molecule has 0 aromatic carbocycles. The quantitative estimate of drug-likeness (QED) is 0.0215. The fraction of sp³-hybridized carbons (Fsp3) is 0.938. The van der Waals surface area contributed by atoms with Gasteiger partial charge in [0.1, 0.15) is 19.3 Å². The van der Waals surface area contributed by atoms with Crippen molar-refractivity contribution in [3.8, 4) is 0 Å². The summed E-state index contributed by atoms with van der Waals surface area (Å²) in [6.45, 7) is 5.67. The molecule has 0 saturated heterocycles. The molecule has 0 aliphatic heterocycles. The third-order valence-corrected chi connectivity index (χ3v) is 11.8. The van der Waals surface area contributed by atoms with Crippen LogP contribution in [0.3, 0.4) is 0 Å². The Labute approximate surface area is 354 Å². The van der Waals surface area contributed by atoms with E-state index in [4.69, 9.17) is 18.5 Å². The van der Waals surface area contributed by atoms with E-state index in [1.807, 2.05) is 21.1 Å². The minimum atomic E-state index is -4.27. The molecule has 9 heteroatoms. The van der Waals surface area contributed by atoms with Crippen molar-refractivity contribution >= 4 is 13.8 Å². The number of hydrogen-bond donors (Lipinski definition) is 1. The first kappa shape index (κ1) is 56.2. The zero-order valence-corrected chi connectivity index (χ0v) is 39.5. The Kier molecular flexibility index (Phi) is 41.4. The highest BCUT2D eigenvalue weighted by Crippen LogP contribution is 2.43. The summed E-state index contributed by atoms with van der Waals surface area (Å²) in [5.74, 6) is -0.310. The molecule has 0 bridgehead atoms. The molecular formula is C48H97NO7P+. The van der Waals surface area contributed by atoms with Gasteiger partial charge >= 0.3 is 13.8 Å². The van der Waals surface area contributed by atoms with E-state index < -0.39 is 13.9 Å². The highest BCUT2D eigenvalue weighted by molar-refractivity contribution is 7.47. The number of quaternary nitrogens is 1. The molecule has 0 spiro atoms. The van der Waals surface area contributed by atoms with Gasteiger partial charge in [0.15, 0.2) is 0 Å². The second-order valence-corrected chi connectivity index (χ2v) is 19.3. The molecule has 2 unspecified atom stereocenters. The van der Waals surface area contributed by atoms with Crippen molar-refractivity contribution in [2.24, 2.45) is 0 Å². The Morgan fingerprint density at radius 2 is 0.912 bits per heavy atom. The Balaban J connectivity index is 4.07. The van der Waals surface area contributed by atoms with Gasteiger partial charge in [-0.15, -0.1) is 0 Å². The molecule has 0 amide bonds. The second-order valence-electron chi connectivity index (χ2n) is 17.9. The van der Waals surface area contributed by atoms with Crippen LogP contribution in [0.5, 0.6) is 0 Å². The maximum Gasteiger partial charge on any atom is 0.472 e. The summed E-state index contributed by atoms with van der Waals surface area (Å²) < 4.78 is 35.1. The predicted octanol–water partition coefficient (Wildman–Crippen LogP) is 14.6. The average molecular weight is 831 g/mol. The van der Waals surface area contributed by atoms with E-state index in [1.165, 1.54) is 180 Å². The molecule has 8 nitrogen and oxygen atoms in total. The fourth-order valence-corrected chi connectivity index (χ4v) is 7.76. The van der Waals surface area contributed by atoms with Crippen LogP contribution in [0, 0.1) is 0 Å². The normalized spacial score (nSPS) is 13.7. The van der Waals surface area contributed by atoms with Crippen LogP contribution in [0.1, 0.15) is 232 Å². The van der Waals surface area contributed by atoms with Crippen LogP contribution in [0.2, 0.25) is 0 Å². The number of rotatable bonds is 46. The molecule has 0 saturated carbocycles. The summed E-state index contributed by atoms with van der Waals surface area (Å²) in [7, 11) is 1.68. The Bertz CT molecular complexity index is 925. The van der Waals surface area contributed by atoms with Gasteiger partial charge in [0.05, 0.1) is 34.4 Å². The van der Waals surface area contributed by atoms with Crippen LogP contribution in [0.25, 0.3) is 0 Å². The van der Waals surface area contributed by atoms with Gasteiger partial charge in [-0.3, -0.25) is 13.8 Å². The SMILES string of the molecule is CCCCCCCCCC/C=C\CCCCCCCCCCCCCC(=O)OC(COCCCCCCCCCCCCCC)COP(=O)(O)OCC[N+](C)(C)C. The molecule has 0 aromatic heterocycles. The smallest absolute Gasteiger partial charge is 0.457 e.